The van der Waals surface area contributed by atoms with Crippen molar-refractivity contribution in [1.82, 2.24) is 0 Å². The average Bonchev–Trinajstić information content (AvgIpc) is 2.98. The summed E-state index contributed by atoms with van der Waals surface area (Å²) in [6, 6.07) is 10.8. The summed E-state index contributed by atoms with van der Waals surface area (Å²) in [5, 5.41) is 31.3. The van der Waals surface area contributed by atoms with E-state index in [2.05, 4.69) is 0 Å². The number of fused-ring (bicyclic) bond motifs is 2. The summed E-state index contributed by atoms with van der Waals surface area (Å²) in [6.07, 6.45) is 3.65. The van der Waals surface area contributed by atoms with Gasteiger partial charge in [0.2, 0.25) is 0 Å². The molecule has 5 heteroatoms. The number of aromatic hydroxyl groups is 2. The summed E-state index contributed by atoms with van der Waals surface area (Å²) in [7, 11) is 0. The van der Waals surface area contributed by atoms with E-state index < -0.39 is 11.7 Å². The Morgan fingerprint density at radius 2 is 1.78 bits per heavy atom. The van der Waals surface area contributed by atoms with E-state index in [9.17, 15) is 15.3 Å². The van der Waals surface area contributed by atoms with Crippen LogP contribution in [0.3, 0.4) is 0 Å². The molecule has 0 bridgehead atoms. The average molecular weight is 368 g/mol. The van der Waals surface area contributed by atoms with Gasteiger partial charge in [-0.3, -0.25) is 0 Å². The number of ether oxygens (including phenoxy) is 2. The molecule has 5 nitrogen and oxygen atoms in total. The summed E-state index contributed by atoms with van der Waals surface area (Å²) < 4.78 is 12.0. The molecule has 0 aromatic heterocycles. The van der Waals surface area contributed by atoms with E-state index in [1.807, 2.05) is 30.4 Å². The van der Waals surface area contributed by atoms with Crippen molar-refractivity contribution >= 4 is 6.08 Å². The number of hydrogen-bond donors (Lipinski definition) is 3. The standard InChI is InChI=1S/C22H24O5/c1-14(23)22(10-8-15-4-2-6-20(24)17(15)13-27-22)19-9-11-26-12-18-16(19)5-3-7-21(18)25/h2-8,10,14,19,23-25H,9,11-13H2,1H3/t14-,19+,22-/m0/s1. The fourth-order valence-corrected chi connectivity index (χ4v) is 4.21. The van der Waals surface area contributed by atoms with Gasteiger partial charge in [-0.05, 0) is 42.7 Å². The topological polar surface area (TPSA) is 79.2 Å². The second-order valence-corrected chi connectivity index (χ2v) is 7.24. The molecule has 2 aromatic rings. The zero-order valence-corrected chi connectivity index (χ0v) is 15.3. The van der Waals surface area contributed by atoms with Gasteiger partial charge in [0.25, 0.3) is 0 Å². The summed E-state index contributed by atoms with van der Waals surface area (Å²) in [4.78, 5) is 0. The van der Waals surface area contributed by atoms with Crippen molar-refractivity contribution < 1.29 is 24.8 Å². The molecular weight excluding hydrogens is 344 g/mol. The van der Waals surface area contributed by atoms with E-state index in [-0.39, 0.29) is 24.0 Å². The number of aliphatic hydroxyl groups is 1. The molecule has 4 rings (SSSR count). The highest BCUT2D eigenvalue weighted by atomic mass is 16.5. The Bertz CT molecular complexity index is 873. The molecule has 0 unspecified atom stereocenters. The van der Waals surface area contributed by atoms with Crippen LogP contribution in [0.5, 0.6) is 11.5 Å². The third-order valence-electron chi connectivity index (χ3n) is 5.74. The molecular formula is C22H24O5. The molecule has 27 heavy (non-hydrogen) atoms. The molecule has 0 radical (unpaired) electrons. The zero-order chi connectivity index (χ0) is 19.0. The van der Waals surface area contributed by atoms with Gasteiger partial charge in [-0.2, -0.15) is 0 Å². The van der Waals surface area contributed by atoms with Crippen LogP contribution >= 0.6 is 0 Å². The maximum atomic E-state index is 10.8. The number of rotatable bonds is 2. The molecule has 3 atom stereocenters. The fourth-order valence-electron chi connectivity index (χ4n) is 4.21. The maximum absolute atomic E-state index is 10.8. The lowest BCUT2D eigenvalue weighted by Crippen LogP contribution is -2.47. The van der Waals surface area contributed by atoms with E-state index in [4.69, 9.17) is 9.47 Å². The highest BCUT2D eigenvalue weighted by molar-refractivity contribution is 5.60. The van der Waals surface area contributed by atoms with E-state index in [1.165, 1.54) is 0 Å². The van der Waals surface area contributed by atoms with Crippen LogP contribution in [0.15, 0.2) is 42.5 Å². The number of phenolic OH excluding ortho intramolecular Hbond substituents is 2. The van der Waals surface area contributed by atoms with Gasteiger partial charge in [-0.25, -0.2) is 0 Å². The van der Waals surface area contributed by atoms with E-state index in [0.29, 0.717) is 25.2 Å². The molecule has 2 aromatic carbocycles. The Labute approximate surface area is 158 Å². The van der Waals surface area contributed by atoms with Crippen LogP contribution in [0, 0.1) is 0 Å². The maximum Gasteiger partial charge on any atom is 0.121 e. The van der Waals surface area contributed by atoms with Gasteiger partial charge in [-0.1, -0.05) is 30.3 Å². The van der Waals surface area contributed by atoms with E-state index in [0.717, 1.165) is 16.7 Å². The number of benzene rings is 2. The quantitative estimate of drug-likeness (QED) is 0.756. The van der Waals surface area contributed by atoms with Gasteiger partial charge in [0.05, 0.1) is 19.3 Å². The minimum atomic E-state index is -0.998. The van der Waals surface area contributed by atoms with Crippen LogP contribution in [0.1, 0.15) is 41.5 Å². The van der Waals surface area contributed by atoms with Crippen LogP contribution in [0.25, 0.3) is 6.08 Å². The molecule has 2 aliphatic rings. The lowest BCUT2D eigenvalue weighted by Gasteiger charge is -2.40. The smallest absolute Gasteiger partial charge is 0.121 e. The molecule has 0 aliphatic carbocycles. The summed E-state index contributed by atoms with van der Waals surface area (Å²) >= 11 is 0. The molecule has 0 spiro atoms. The minimum absolute atomic E-state index is 0.181. The third kappa shape index (κ3) is 3.02. The molecule has 0 amide bonds. The Hall–Kier alpha value is -2.34. The molecule has 0 saturated heterocycles. The monoisotopic (exact) mass is 368 g/mol. The number of aliphatic hydroxyl groups excluding tert-OH is 1. The van der Waals surface area contributed by atoms with Crippen LogP contribution in [0.2, 0.25) is 0 Å². The van der Waals surface area contributed by atoms with Gasteiger partial charge >= 0.3 is 0 Å². The minimum Gasteiger partial charge on any atom is -0.508 e. The Kier molecular flexibility index (Phi) is 4.68. The van der Waals surface area contributed by atoms with Crippen molar-refractivity contribution in [3.05, 3.63) is 64.7 Å². The first kappa shape index (κ1) is 18.0. The van der Waals surface area contributed by atoms with Crippen LogP contribution in [-0.2, 0) is 22.7 Å². The third-order valence-corrected chi connectivity index (χ3v) is 5.74. The SMILES string of the molecule is C[C@H](O)[C@]1([C@@H]2CCOCc3c(O)cccc32)C=Cc2cccc(O)c2CO1. The van der Waals surface area contributed by atoms with E-state index >= 15 is 0 Å². The summed E-state index contributed by atoms with van der Waals surface area (Å²) in [6.45, 7) is 2.74. The van der Waals surface area contributed by atoms with Crippen molar-refractivity contribution in [3.63, 3.8) is 0 Å². The molecule has 2 heterocycles. The molecule has 0 saturated carbocycles. The largest absolute Gasteiger partial charge is 0.508 e. The van der Waals surface area contributed by atoms with Crippen LogP contribution in [0.4, 0.5) is 0 Å². The van der Waals surface area contributed by atoms with Crippen molar-refractivity contribution in [2.45, 2.75) is 44.2 Å². The van der Waals surface area contributed by atoms with Crippen molar-refractivity contribution in [2.75, 3.05) is 6.61 Å². The first-order chi connectivity index (χ1) is 13.0. The van der Waals surface area contributed by atoms with Crippen molar-refractivity contribution in [2.24, 2.45) is 0 Å². The van der Waals surface area contributed by atoms with Gasteiger partial charge in [0.15, 0.2) is 0 Å². The highest BCUT2D eigenvalue weighted by Crippen LogP contribution is 2.45. The molecule has 0 fully saturated rings. The second kappa shape index (κ2) is 7.00. The lowest BCUT2D eigenvalue weighted by atomic mass is 9.75. The predicted molar refractivity (Wildman–Crippen MR) is 101 cm³/mol. The number of phenols is 2. The van der Waals surface area contributed by atoms with Gasteiger partial charge in [-0.15, -0.1) is 0 Å². The second-order valence-electron chi connectivity index (χ2n) is 7.24. The Morgan fingerprint density at radius 3 is 2.56 bits per heavy atom. The summed E-state index contributed by atoms with van der Waals surface area (Å²) in [5.41, 5.74) is 2.24. The van der Waals surface area contributed by atoms with Crippen LogP contribution < -0.4 is 0 Å². The Morgan fingerprint density at radius 1 is 1.04 bits per heavy atom. The van der Waals surface area contributed by atoms with Crippen molar-refractivity contribution in [3.8, 4) is 11.5 Å². The summed E-state index contributed by atoms with van der Waals surface area (Å²) in [5.74, 6) is 0.175. The van der Waals surface area contributed by atoms with Gasteiger partial charge in [0.1, 0.15) is 17.1 Å². The predicted octanol–water partition coefficient (Wildman–Crippen LogP) is 3.46. The van der Waals surface area contributed by atoms with Crippen molar-refractivity contribution in [1.29, 1.82) is 0 Å². The normalized spacial score (nSPS) is 25.8. The first-order valence-corrected chi connectivity index (χ1v) is 9.23. The highest BCUT2D eigenvalue weighted by Gasteiger charge is 2.45. The zero-order valence-electron chi connectivity index (χ0n) is 15.3. The lowest BCUT2D eigenvalue weighted by molar-refractivity contribution is -0.111. The van der Waals surface area contributed by atoms with Gasteiger partial charge in [0, 0.05) is 23.7 Å². The molecule has 3 N–H and O–H groups in total. The fraction of sp³-hybridized carbons (Fsp3) is 0.364. The molecule has 142 valence electrons. The number of hydrogen-bond acceptors (Lipinski definition) is 5. The van der Waals surface area contributed by atoms with Crippen LogP contribution in [-0.4, -0.2) is 33.6 Å². The first-order valence-electron chi connectivity index (χ1n) is 9.23. The molecule has 2 aliphatic heterocycles. The van der Waals surface area contributed by atoms with E-state index in [1.54, 1.807) is 25.1 Å². The Balaban J connectivity index is 1.83. The van der Waals surface area contributed by atoms with Gasteiger partial charge < -0.3 is 24.8 Å².